The van der Waals surface area contributed by atoms with E-state index in [1.807, 2.05) is 0 Å². The van der Waals surface area contributed by atoms with Crippen LogP contribution < -0.4 is 11.1 Å². The van der Waals surface area contributed by atoms with Crippen molar-refractivity contribution in [1.82, 2.24) is 15.2 Å². The average Bonchev–Trinajstić information content (AvgIpc) is 3.60. The Kier molecular flexibility index (Phi) is 8.07. The number of nitrogens with zero attached hydrogens (tertiary/aromatic N) is 2. The van der Waals surface area contributed by atoms with Crippen LogP contribution in [-0.2, 0) is 11.2 Å². The molecule has 0 radical (unpaired) electrons. The summed E-state index contributed by atoms with van der Waals surface area (Å²) in [6.07, 6.45) is 2.07. The molecule has 1 heterocycles. The molecule has 2 atom stereocenters. The number of hydrogen-bond donors (Lipinski definition) is 2. The summed E-state index contributed by atoms with van der Waals surface area (Å²) in [5, 5.41) is 2.77. The molecule has 1 aliphatic rings. The van der Waals surface area contributed by atoms with Crippen molar-refractivity contribution in [1.29, 1.82) is 0 Å². The second kappa shape index (κ2) is 10.5. The molecule has 1 saturated carbocycles. The third kappa shape index (κ3) is 5.86. The van der Waals surface area contributed by atoms with Crippen LogP contribution in [0.25, 0.3) is 0 Å². The van der Waals surface area contributed by atoms with Crippen molar-refractivity contribution in [2.24, 2.45) is 11.1 Å². The van der Waals surface area contributed by atoms with Crippen LogP contribution in [0.3, 0.4) is 0 Å². The summed E-state index contributed by atoms with van der Waals surface area (Å²) in [6.45, 7) is 2.77. The van der Waals surface area contributed by atoms with Crippen LogP contribution in [0.5, 0.6) is 0 Å². The highest BCUT2D eigenvalue weighted by Crippen LogP contribution is 2.65. The number of likely N-dealkylation sites (N-methyl/N-ethyl adjacent to an activating group) is 1. The van der Waals surface area contributed by atoms with Crippen molar-refractivity contribution in [2.45, 2.75) is 57.4 Å². The fourth-order valence-corrected chi connectivity index (χ4v) is 4.66. The number of rotatable bonds is 11. The number of halogens is 4. The van der Waals surface area contributed by atoms with Gasteiger partial charge in [-0.3, -0.25) is 14.6 Å². The van der Waals surface area contributed by atoms with E-state index in [2.05, 4.69) is 10.3 Å². The molecule has 2 amide bonds. The van der Waals surface area contributed by atoms with Gasteiger partial charge in [0.2, 0.25) is 5.91 Å². The maximum atomic E-state index is 14.6. The van der Waals surface area contributed by atoms with Crippen molar-refractivity contribution >= 4 is 11.8 Å². The predicted molar refractivity (Wildman–Crippen MR) is 128 cm³/mol. The van der Waals surface area contributed by atoms with E-state index in [9.17, 15) is 27.2 Å². The number of primary amides is 1. The minimum atomic E-state index is -2.96. The first kappa shape index (κ1) is 27.6. The van der Waals surface area contributed by atoms with Gasteiger partial charge in [-0.25, -0.2) is 17.6 Å². The van der Waals surface area contributed by atoms with Crippen molar-refractivity contribution in [3.8, 4) is 0 Å². The Balaban J connectivity index is 1.73. The first-order valence-corrected chi connectivity index (χ1v) is 11.8. The fraction of sp³-hybridized carbons (Fsp3) is 0.500. The number of nitrogens with two attached hydrogens (primary N) is 1. The molecule has 0 unspecified atom stereocenters. The van der Waals surface area contributed by atoms with E-state index in [1.165, 1.54) is 6.07 Å². The summed E-state index contributed by atoms with van der Waals surface area (Å²) in [6, 6.07) is 5.47. The van der Waals surface area contributed by atoms with Gasteiger partial charge in [0.25, 0.3) is 11.8 Å². The third-order valence-corrected chi connectivity index (χ3v) is 7.20. The molecule has 0 bridgehead atoms. The van der Waals surface area contributed by atoms with E-state index in [0.29, 0.717) is 18.4 Å². The van der Waals surface area contributed by atoms with Crippen molar-refractivity contribution in [3.05, 3.63) is 64.5 Å². The van der Waals surface area contributed by atoms with Crippen molar-refractivity contribution in [3.63, 3.8) is 0 Å². The summed E-state index contributed by atoms with van der Waals surface area (Å²) in [5.74, 6) is -7.65. The lowest BCUT2D eigenvalue weighted by Gasteiger charge is -2.32. The van der Waals surface area contributed by atoms with Crippen molar-refractivity contribution < 1.29 is 27.2 Å². The van der Waals surface area contributed by atoms with Crippen LogP contribution in [0.2, 0.25) is 0 Å². The lowest BCUT2D eigenvalue weighted by molar-refractivity contribution is -0.123. The Labute approximate surface area is 208 Å². The zero-order valence-corrected chi connectivity index (χ0v) is 20.9. The molecule has 3 N–H and O–H groups in total. The summed E-state index contributed by atoms with van der Waals surface area (Å²) >= 11 is 0. The highest BCUT2D eigenvalue weighted by atomic mass is 19.3. The second-order valence-corrected chi connectivity index (χ2v) is 9.92. The highest BCUT2D eigenvalue weighted by Gasteiger charge is 2.63. The fourth-order valence-electron chi connectivity index (χ4n) is 4.66. The number of nitrogens with one attached hydrogen (secondary N) is 1. The van der Waals surface area contributed by atoms with Crippen LogP contribution in [-0.4, -0.2) is 54.3 Å². The minimum Gasteiger partial charge on any atom is -0.366 e. The Morgan fingerprint density at radius 3 is 2.33 bits per heavy atom. The molecule has 10 heteroatoms. The summed E-state index contributed by atoms with van der Waals surface area (Å²) in [5.41, 5.74) is 4.58. The van der Waals surface area contributed by atoms with E-state index in [0.717, 1.165) is 18.7 Å². The SMILES string of the molecule is Cc1ccc([C@@H](CC(=O)NC[C@H](Cc2ccc(C(N)=O)c(F)c2F)N(C)C)C2(C(C)(F)F)CC2)cn1. The van der Waals surface area contributed by atoms with Gasteiger partial charge < -0.3 is 16.0 Å². The molecule has 1 fully saturated rings. The number of aromatic nitrogens is 1. The van der Waals surface area contributed by atoms with Gasteiger partial charge in [-0.15, -0.1) is 0 Å². The molecule has 1 aromatic carbocycles. The summed E-state index contributed by atoms with van der Waals surface area (Å²) in [4.78, 5) is 30.1. The van der Waals surface area contributed by atoms with E-state index in [1.54, 1.807) is 44.2 Å². The first-order valence-electron chi connectivity index (χ1n) is 11.8. The molecule has 1 aliphatic carbocycles. The largest absolute Gasteiger partial charge is 0.366 e. The van der Waals surface area contributed by atoms with Gasteiger partial charge in [0.05, 0.1) is 5.56 Å². The lowest BCUT2D eigenvalue weighted by Crippen LogP contribution is -2.43. The number of benzene rings is 1. The maximum Gasteiger partial charge on any atom is 0.251 e. The van der Waals surface area contributed by atoms with E-state index < -0.39 is 52.3 Å². The lowest BCUT2D eigenvalue weighted by atomic mass is 9.77. The van der Waals surface area contributed by atoms with Gasteiger partial charge in [-0.2, -0.15) is 0 Å². The Morgan fingerprint density at radius 2 is 1.83 bits per heavy atom. The Morgan fingerprint density at radius 1 is 1.17 bits per heavy atom. The number of hydrogen-bond acceptors (Lipinski definition) is 4. The molecular formula is C26H32F4N4O2. The monoisotopic (exact) mass is 508 g/mol. The quantitative estimate of drug-likeness (QED) is 0.450. The molecular weight excluding hydrogens is 476 g/mol. The second-order valence-electron chi connectivity index (χ2n) is 9.92. The van der Waals surface area contributed by atoms with Gasteiger partial charge in [-0.1, -0.05) is 12.1 Å². The van der Waals surface area contributed by atoms with Gasteiger partial charge >= 0.3 is 0 Å². The first-order chi connectivity index (χ1) is 16.8. The number of aryl methyl sites for hydroxylation is 1. The van der Waals surface area contributed by atoms with Crippen LogP contribution >= 0.6 is 0 Å². The van der Waals surface area contributed by atoms with Crippen LogP contribution in [0, 0.1) is 24.0 Å². The number of carbonyl (C=O) groups excluding carboxylic acids is 2. The van der Waals surface area contributed by atoms with E-state index in [-0.39, 0.29) is 24.9 Å². The maximum absolute atomic E-state index is 14.6. The van der Waals surface area contributed by atoms with Gasteiger partial charge in [-0.05, 0) is 70.5 Å². The smallest absolute Gasteiger partial charge is 0.251 e. The van der Waals surface area contributed by atoms with Crippen LogP contribution in [0.15, 0.2) is 30.5 Å². The average molecular weight is 509 g/mol. The Hall–Kier alpha value is -3.01. The van der Waals surface area contributed by atoms with E-state index >= 15 is 0 Å². The molecule has 6 nitrogen and oxygen atoms in total. The molecule has 196 valence electrons. The molecule has 0 saturated heterocycles. The predicted octanol–water partition coefficient (Wildman–Crippen LogP) is 3.97. The summed E-state index contributed by atoms with van der Waals surface area (Å²) in [7, 11) is 3.45. The zero-order valence-electron chi connectivity index (χ0n) is 20.9. The molecule has 0 spiro atoms. The molecule has 0 aliphatic heterocycles. The standard InChI is InChI=1S/C26H32F4N4O2/c1-15-5-6-17(13-32-15)20(26(9-10-26)25(2,29)30)12-21(35)33-14-18(34(3)4)11-16-7-8-19(24(31)36)23(28)22(16)27/h5-8,13,18,20H,9-12,14H2,1-4H3,(H2,31,36)(H,33,35)/t18-,20+/m0/s1. The summed E-state index contributed by atoms with van der Waals surface area (Å²) < 4.78 is 57.9. The van der Waals surface area contributed by atoms with E-state index in [4.69, 9.17) is 5.73 Å². The van der Waals surface area contributed by atoms with Crippen LogP contribution in [0.4, 0.5) is 17.6 Å². The normalized spacial score (nSPS) is 16.5. The number of amides is 2. The third-order valence-electron chi connectivity index (χ3n) is 7.20. The minimum absolute atomic E-state index is 0.0246. The number of alkyl halides is 2. The topological polar surface area (TPSA) is 88.3 Å². The molecule has 1 aromatic heterocycles. The molecule has 2 aromatic rings. The molecule has 36 heavy (non-hydrogen) atoms. The van der Waals surface area contributed by atoms with Gasteiger partial charge in [0.1, 0.15) is 0 Å². The van der Waals surface area contributed by atoms with Gasteiger partial charge in [0.15, 0.2) is 11.6 Å². The van der Waals surface area contributed by atoms with Gasteiger partial charge in [0, 0.05) is 42.2 Å². The number of pyridine rings is 1. The molecule has 3 rings (SSSR count). The zero-order chi connectivity index (χ0) is 26.8. The van der Waals surface area contributed by atoms with Crippen molar-refractivity contribution in [2.75, 3.05) is 20.6 Å². The Bertz CT molecular complexity index is 1110. The highest BCUT2D eigenvalue weighted by molar-refractivity contribution is 5.93. The van der Waals surface area contributed by atoms with Crippen LogP contribution in [0.1, 0.15) is 59.3 Å². The number of carbonyl (C=O) groups is 2.